The Morgan fingerprint density at radius 2 is 1.60 bits per heavy atom. The lowest BCUT2D eigenvalue weighted by Crippen LogP contribution is -2.38. The van der Waals surface area contributed by atoms with Crippen molar-refractivity contribution < 1.29 is 18.4 Å². The summed E-state index contributed by atoms with van der Waals surface area (Å²) in [6, 6.07) is 1.03. The van der Waals surface area contributed by atoms with Gasteiger partial charge in [0.05, 0.1) is 6.61 Å². The van der Waals surface area contributed by atoms with E-state index in [1.54, 1.807) is 6.92 Å². The molecule has 0 aliphatic carbocycles. The van der Waals surface area contributed by atoms with Gasteiger partial charge in [0.25, 0.3) is 0 Å². The molecule has 0 heterocycles. The number of hydrogen-bond acceptors (Lipinski definition) is 4. The molecule has 0 saturated heterocycles. The zero-order valence-corrected chi connectivity index (χ0v) is 14.5. The smallest absolute Gasteiger partial charge is 0.334 e. The highest BCUT2D eigenvalue weighted by Crippen LogP contribution is 2.18. The molecule has 4 nitrogen and oxygen atoms in total. The zero-order chi connectivity index (χ0) is 15.4. The van der Waals surface area contributed by atoms with Crippen molar-refractivity contribution >= 4 is 14.5 Å². The molecule has 0 atom stereocenters. The lowest BCUT2D eigenvalue weighted by molar-refractivity contribution is -0.139. The number of esters is 1. The van der Waals surface area contributed by atoms with E-state index >= 15 is 0 Å². The monoisotopic (exact) mass is 302 g/mol. The number of unbranched alkanes of at least 4 members (excludes halogenated alkanes) is 3. The van der Waals surface area contributed by atoms with Gasteiger partial charge in [-0.25, -0.2) is 4.79 Å². The van der Waals surface area contributed by atoms with E-state index in [9.17, 15) is 4.79 Å². The van der Waals surface area contributed by atoms with E-state index < -0.39 is 8.56 Å². The molecule has 0 radical (unpaired) electrons. The van der Waals surface area contributed by atoms with Gasteiger partial charge in [0.1, 0.15) is 0 Å². The Morgan fingerprint density at radius 1 is 1.05 bits per heavy atom. The van der Waals surface area contributed by atoms with E-state index in [0.717, 1.165) is 44.9 Å². The van der Waals surface area contributed by atoms with E-state index in [-0.39, 0.29) is 5.97 Å². The van der Waals surface area contributed by atoms with Gasteiger partial charge < -0.3 is 13.6 Å². The van der Waals surface area contributed by atoms with Crippen LogP contribution in [0, 0.1) is 0 Å². The minimum Gasteiger partial charge on any atom is -0.462 e. The van der Waals surface area contributed by atoms with Crippen LogP contribution in [0.5, 0.6) is 0 Å². The summed E-state index contributed by atoms with van der Waals surface area (Å²) in [5.74, 6) is -0.294. The molecule has 0 aromatic rings. The van der Waals surface area contributed by atoms with Crippen LogP contribution in [0.4, 0.5) is 0 Å². The van der Waals surface area contributed by atoms with Crippen LogP contribution in [0.2, 0.25) is 12.6 Å². The van der Waals surface area contributed by atoms with Crippen molar-refractivity contribution in [3.05, 3.63) is 12.2 Å². The lowest BCUT2D eigenvalue weighted by atomic mass is 10.2. The second kappa shape index (κ2) is 11.1. The second-order valence-corrected chi connectivity index (χ2v) is 8.43. The minimum atomic E-state index is -1.95. The SMILES string of the molecule is C=C(C)C(=O)OCCCCCC[Si](C)(OCC)OCC. The van der Waals surface area contributed by atoms with Crippen LogP contribution in [0.15, 0.2) is 12.2 Å². The van der Waals surface area contributed by atoms with Crippen LogP contribution < -0.4 is 0 Å². The van der Waals surface area contributed by atoms with E-state index in [0.29, 0.717) is 12.2 Å². The van der Waals surface area contributed by atoms with Gasteiger partial charge in [-0.3, -0.25) is 0 Å². The lowest BCUT2D eigenvalue weighted by Gasteiger charge is -2.25. The Balaban J connectivity index is 3.64. The summed E-state index contributed by atoms with van der Waals surface area (Å²) in [6.07, 6.45) is 4.19. The average Bonchev–Trinajstić information content (AvgIpc) is 2.37. The highest BCUT2D eigenvalue weighted by molar-refractivity contribution is 6.66. The first-order valence-corrected chi connectivity index (χ1v) is 10.1. The predicted octanol–water partition coefficient (Wildman–Crippen LogP) is 3.81. The van der Waals surface area contributed by atoms with Gasteiger partial charge in [-0.2, -0.15) is 0 Å². The first kappa shape index (κ1) is 19.3. The molecule has 0 rings (SSSR count). The molecular weight excluding hydrogens is 272 g/mol. The Hall–Kier alpha value is -0.653. The molecule has 118 valence electrons. The first-order chi connectivity index (χ1) is 9.45. The quantitative estimate of drug-likeness (QED) is 0.238. The van der Waals surface area contributed by atoms with Crippen molar-refractivity contribution in [1.29, 1.82) is 0 Å². The number of carbonyl (C=O) groups excluding carboxylic acids is 1. The highest BCUT2D eigenvalue weighted by Gasteiger charge is 2.29. The molecule has 0 aliphatic rings. The highest BCUT2D eigenvalue weighted by atomic mass is 28.4. The molecule has 20 heavy (non-hydrogen) atoms. The van der Waals surface area contributed by atoms with Crippen LogP contribution in [-0.4, -0.2) is 34.4 Å². The third-order valence-electron chi connectivity index (χ3n) is 3.01. The van der Waals surface area contributed by atoms with Crippen molar-refractivity contribution in [3.8, 4) is 0 Å². The van der Waals surface area contributed by atoms with Crippen molar-refractivity contribution in [1.82, 2.24) is 0 Å². The Bertz CT molecular complexity index is 286. The summed E-state index contributed by atoms with van der Waals surface area (Å²) >= 11 is 0. The van der Waals surface area contributed by atoms with E-state index in [4.69, 9.17) is 13.6 Å². The fraction of sp³-hybridized carbons (Fsp3) is 0.800. The Labute approximate surface area is 124 Å². The maximum atomic E-state index is 11.2. The zero-order valence-electron chi connectivity index (χ0n) is 13.5. The number of ether oxygens (including phenoxy) is 1. The topological polar surface area (TPSA) is 44.8 Å². The van der Waals surface area contributed by atoms with Crippen molar-refractivity contribution in [2.75, 3.05) is 19.8 Å². The summed E-state index contributed by atoms with van der Waals surface area (Å²) in [7, 11) is -1.95. The van der Waals surface area contributed by atoms with Crippen molar-refractivity contribution in [3.63, 3.8) is 0 Å². The second-order valence-electron chi connectivity index (χ2n) is 5.08. The summed E-state index contributed by atoms with van der Waals surface area (Å²) in [4.78, 5) is 11.2. The number of hydrogen-bond donors (Lipinski definition) is 0. The molecule has 0 saturated carbocycles. The number of rotatable bonds is 12. The van der Waals surface area contributed by atoms with Gasteiger partial charge in [-0.05, 0) is 39.8 Å². The normalized spacial score (nSPS) is 11.4. The molecule has 0 N–H and O–H groups in total. The molecule has 0 aromatic carbocycles. The van der Waals surface area contributed by atoms with E-state index in [2.05, 4.69) is 13.1 Å². The predicted molar refractivity (Wildman–Crippen MR) is 83.9 cm³/mol. The van der Waals surface area contributed by atoms with Crippen LogP contribution in [-0.2, 0) is 18.4 Å². The Morgan fingerprint density at radius 3 is 2.10 bits per heavy atom. The van der Waals surface area contributed by atoms with Gasteiger partial charge >= 0.3 is 14.5 Å². The molecule has 0 spiro atoms. The maximum absolute atomic E-state index is 11.2. The molecule has 0 bridgehead atoms. The molecule has 0 amide bonds. The van der Waals surface area contributed by atoms with E-state index in [1.165, 1.54) is 0 Å². The van der Waals surface area contributed by atoms with Gasteiger partial charge in [-0.15, -0.1) is 0 Å². The third-order valence-corrected chi connectivity index (χ3v) is 6.07. The van der Waals surface area contributed by atoms with Gasteiger partial charge in [0.2, 0.25) is 0 Å². The minimum absolute atomic E-state index is 0.294. The molecule has 0 unspecified atom stereocenters. The largest absolute Gasteiger partial charge is 0.462 e. The molecule has 0 fully saturated rings. The summed E-state index contributed by atoms with van der Waals surface area (Å²) in [5, 5.41) is 0. The summed E-state index contributed by atoms with van der Waals surface area (Å²) in [5.41, 5.74) is 0.459. The molecule has 0 aliphatic heterocycles. The Kier molecular flexibility index (Phi) is 10.7. The maximum Gasteiger partial charge on any atom is 0.334 e. The third kappa shape index (κ3) is 9.28. The van der Waals surface area contributed by atoms with E-state index in [1.807, 2.05) is 13.8 Å². The first-order valence-electron chi connectivity index (χ1n) is 7.55. The molecule has 5 heteroatoms. The van der Waals surface area contributed by atoms with Crippen LogP contribution in [0.25, 0.3) is 0 Å². The average molecular weight is 302 g/mol. The molecular formula is C15H30O4Si. The number of carbonyl (C=O) groups is 1. The summed E-state index contributed by atoms with van der Waals surface area (Å²) < 4.78 is 16.6. The van der Waals surface area contributed by atoms with Crippen molar-refractivity contribution in [2.45, 2.75) is 59.0 Å². The molecule has 0 aromatic heterocycles. The van der Waals surface area contributed by atoms with Crippen LogP contribution in [0.3, 0.4) is 0 Å². The fourth-order valence-electron chi connectivity index (χ4n) is 1.99. The van der Waals surface area contributed by atoms with Gasteiger partial charge in [0, 0.05) is 18.8 Å². The van der Waals surface area contributed by atoms with Gasteiger partial charge in [-0.1, -0.05) is 25.8 Å². The summed E-state index contributed by atoms with van der Waals surface area (Å²) in [6.45, 7) is 13.3. The van der Waals surface area contributed by atoms with Crippen molar-refractivity contribution in [2.24, 2.45) is 0 Å². The van der Waals surface area contributed by atoms with Crippen LogP contribution >= 0.6 is 0 Å². The fourth-order valence-corrected chi connectivity index (χ4v) is 4.47. The van der Waals surface area contributed by atoms with Gasteiger partial charge in [0.15, 0.2) is 0 Å². The van der Waals surface area contributed by atoms with Crippen LogP contribution in [0.1, 0.15) is 46.5 Å². The standard InChI is InChI=1S/C15H30O4Si/c1-6-18-20(5,19-7-2)13-11-9-8-10-12-17-15(16)14(3)4/h3,6-13H2,1-2,4-5H3.